The molecule has 0 radical (unpaired) electrons. The van der Waals surface area contributed by atoms with Crippen molar-refractivity contribution in [3.8, 4) is 11.6 Å². The Morgan fingerprint density at radius 1 is 1.17 bits per heavy atom. The number of ether oxygens (including phenoxy) is 2. The number of morpholine rings is 1. The number of hydrogen-bond donors (Lipinski definition) is 1. The largest absolute Gasteiger partial charge is 0.438 e. The van der Waals surface area contributed by atoms with Crippen LogP contribution in [-0.2, 0) is 21.8 Å². The van der Waals surface area contributed by atoms with Crippen LogP contribution in [0.3, 0.4) is 0 Å². The second kappa shape index (κ2) is 10.0. The minimum Gasteiger partial charge on any atom is -0.438 e. The first-order valence-electron chi connectivity index (χ1n) is 11.0. The van der Waals surface area contributed by atoms with Crippen LogP contribution in [0.5, 0.6) is 11.6 Å². The maximum Gasteiger partial charge on any atom is 0.276 e. The Labute approximate surface area is 207 Å². The van der Waals surface area contributed by atoms with E-state index in [1.807, 2.05) is 25.1 Å². The van der Waals surface area contributed by atoms with E-state index in [2.05, 4.69) is 10.4 Å². The summed E-state index contributed by atoms with van der Waals surface area (Å²) in [7, 11) is -2.58. The molecular weight excluding hydrogens is 490 g/mol. The molecule has 2 aromatic carbocycles. The number of carbonyl (C=O) groups excluding carboxylic acids is 1. The first-order chi connectivity index (χ1) is 17.1. The summed E-state index contributed by atoms with van der Waals surface area (Å²) in [6.45, 7) is 4.17. The zero-order valence-corrected chi connectivity index (χ0v) is 20.7. The van der Waals surface area contributed by atoms with Crippen molar-refractivity contribution in [2.75, 3.05) is 31.6 Å². The monoisotopic (exact) mass is 515 g/mol. The Morgan fingerprint density at radius 3 is 2.56 bits per heavy atom. The number of aromatic nitrogens is 2. The third-order valence-electron chi connectivity index (χ3n) is 5.64. The molecule has 1 amide bonds. The number of nitro benzene ring substituents is 1. The number of rotatable bonds is 7. The van der Waals surface area contributed by atoms with E-state index in [0.29, 0.717) is 11.3 Å². The van der Waals surface area contributed by atoms with Crippen LogP contribution in [0, 0.1) is 24.0 Å². The van der Waals surface area contributed by atoms with Crippen LogP contribution in [-0.4, -0.2) is 59.6 Å². The lowest BCUT2D eigenvalue weighted by molar-refractivity contribution is -0.385. The molecule has 0 spiro atoms. The lowest BCUT2D eigenvalue weighted by Crippen LogP contribution is -2.40. The van der Waals surface area contributed by atoms with Crippen molar-refractivity contribution in [2.45, 2.75) is 18.7 Å². The van der Waals surface area contributed by atoms with Crippen molar-refractivity contribution in [1.82, 2.24) is 14.1 Å². The SMILES string of the molecule is Cc1cccc(NC(=O)c2nn(C)c(Oc3ccc([N+](=O)[O-])cc3S(=O)(=O)N3CCOCC3)c2C)c1. The van der Waals surface area contributed by atoms with Crippen LogP contribution in [0.15, 0.2) is 47.4 Å². The van der Waals surface area contributed by atoms with Crippen molar-refractivity contribution < 1.29 is 27.6 Å². The highest BCUT2D eigenvalue weighted by atomic mass is 32.2. The van der Waals surface area contributed by atoms with Crippen molar-refractivity contribution >= 4 is 27.3 Å². The fourth-order valence-corrected chi connectivity index (χ4v) is 5.35. The van der Waals surface area contributed by atoms with Gasteiger partial charge in [0.2, 0.25) is 15.9 Å². The highest BCUT2D eigenvalue weighted by molar-refractivity contribution is 7.89. The smallest absolute Gasteiger partial charge is 0.276 e. The molecular formula is C23H25N5O7S. The van der Waals surface area contributed by atoms with Gasteiger partial charge in [0.05, 0.1) is 18.1 Å². The Hall–Kier alpha value is -3.81. The fourth-order valence-electron chi connectivity index (χ4n) is 3.81. The second-order valence-corrected chi connectivity index (χ2v) is 10.1. The van der Waals surface area contributed by atoms with Crippen molar-refractivity contribution in [3.05, 3.63) is 69.4 Å². The normalized spacial score (nSPS) is 14.4. The van der Waals surface area contributed by atoms with E-state index in [0.717, 1.165) is 17.7 Å². The summed E-state index contributed by atoms with van der Waals surface area (Å²) in [5.74, 6) is -0.464. The molecule has 1 fully saturated rings. The van der Waals surface area contributed by atoms with Crippen LogP contribution in [0.4, 0.5) is 11.4 Å². The summed E-state index contributed by atoms with van der Waals surface area (Å²) < 4.78 is 40.4. The van der Waals surface area contributed by atoms with Gasteiger partial charge in [0.15, 0.2) is 5.69 Å². The molecule has 13 heteroatoms. The van der Waals surface area contributed by atoms with E-state index in [1.54, 1.807) is 20.0 Å². The molecule has 1 saturated heterocycles. The third-order valence-corrected chi connectivity index (χ3v) is 7.56. The average Bonchev–Trinajstić information content (AvgIpc) is 3.13. The number of nitrogens with zero attached hydrogens (tertiary/aromatic N) is 4. The topological polar surface area (TPSA) is 146 Å². The molecule has 12 nitrogen and oxygen atoms in total. The number of nitrogens with one attached hydrogen (secondary N) is 1. The molecule has 1 N–H and O–H groups in total. The summed E-state index contributed by atoms with van der Waals surface area (Å²) >= 11 is 0. The van der Waals surface area contributed by atoms with Gasteiger partial charge in [-0.2, -0.15) is 9.40 Å². The average molecular weight is 516 g/mol. The molecule has 0 unspecified atom stereocenters. The van der Waals surface area contributed by atoms with E-state index < -0.39 is 26.5 Å². The molecule has 0 saturated carbocycles. The molecule has 0 atom stereocenters. The predicted octanol–water partition coefficient (Wildman–Crippen LogP) is 3.01. The minimum absolute atomic E-state index is 0.0912. The van der Waals surface area contributed by atoms with Gasteiger partial charge < -0.3 is 14.8 Å². The van der Waals surface area contributed by atoms with E-state index in [1.165, 1.54) is 15.1 Å². The second-order valence-electron chi connectivity index (χ2n) is 8.23. The van der Waals surface area contributed by atoms with E-state index in [4.69, 9.17) is 9.47 Å². The van der Waals surface area contributed by atoms with Crippen LogP contribution in [0.25, 0.3) is 0 Å². The quantitative estimate of drug-likeness (QED) is 0.373. The minimum atomic E-state index is -4.13. The van der Waals surface area contributed by atoms with E-state index in [-0.39, 0.29) is 48.5 Å². The van der Waals surface area contributed by atoms with Crippen LogP contribution < -0.4 is 10.1 Å². The van der Waals surface area contributed by atoms with Gasteiger partial charge in [0.25, 0.3) is 11.6 Å². The lowest BCUT2D eigenvalue weighted by Gasteiger charge is -2.26. The Kier molecular flexibility index (Phi) is 7.06. The van der Waals surface area contributed by atoms with Gasteiger partial charge in [-0.3, -0.25) is 14.9 Å². The van der Waals surface area contributed by atoms with Crippen LogP contribution in [0.1, 0.15) is 21.6 Å². The molecule has 190 valence electrons. The van der Waals surface area contributed by atoms with Gasteiger partial charge in [-0.25, -0.2) is 13.1 Å². The van der Waals surface area contributed by atoms with Gasteiger partial charge in [0, 0.05) is 43.5 Å². The number of sulfonamides is 1. The highest BCUT2D eigenvalue weighted by Crippen LogP contribution is 2.35. The molecule has 0 bridgehead atoms. The molecule has 4 rings (SSSR count). The number of anilines is 1. The summed E-state index contributed by atoms with van der Waals surface area (Å²) in [6, 6.07) is 10.6. The molecule has 2 heterocycles. The standard InChI is InChI=1S/C23H25N5O7S/c1-15-5-4-6-17(13-15)24-22(29)21-16(2)23(26(3)25-21)35-19-8-7-18(28(30)31)14-20(19)36(32,33)27-9-11-34-12-10-27/h4-8,13-14H,9-12H2,1-3H3,(H,24,29). The number of carbonyl (C=O) groups is 1. The van der Waals surface area contributed by atoms with Gasteiger partial charge in [-0.05, 0) is 37.6 Å². The molecule has 1 aliphatic heterocycles. The van der Waals surface area contributed by atoms with Gasteiger partial charge in [0.1, 0.15) is 10.6 Å². The van der Waals surface area contributed by atoms with Gasteiger partial charge >= 0.3 is 0 Å². The van der Waals surface area contributed by atoms with Crippen molar-refractivity contribution in [3.63, 3.8) is 0 Å². The van der Waals surface area contributed by atoms with E-state index in [9.17, 15) is 23.3 Å². The van der Waals surface area contributed by atoms with Gasteiger partial charge in [-0.1, -0.05) is 12.1 Å². The number of amides is 1. The third kappa shape index (κ3) is 5.08. The zero-order chi connectivity index (χ0) is 26.0. The lowest BCUT2D eigenvalue weighted by atomic mass is 10.2. The Morgan fingerprint density at radius 2 is 1.89 bits per heavy atom. The highest BCUT2D eigenvalue weighted by Gasteiger charge is 2.32. The molecule has 0 aliphatic carbocycles. The summed E-state index contributed by atoms with van der Waals surface area (Å²) in [4.78, 5) is 23.2. The zero-order valence-electron chi connectivity index (χ0n) is 19.9. The van der Waals surface area contributed by atoms with E-state index >= 15 is 0 Å². The van der Waals surface area contributed by atoms with Crippen LogP contribution in [0.2, 0.25) is 0 Å². The number of non-ortho nitro benzene ring substituents is 1. The number of benzene rings is 2. The number of nitro groups is 1. The van der Waals surface area contributed by atoms with Crippen molar-refractivity contribution in [1.29, 1.82) is 0 Å². The predicted molar refractivity (Wildman–Crippen MR) is 130 cm³/mol. The molecule has 1 aromatic heterocycles. The first-order valence-corrected chi connectivity index (χ1v) is 12.5. The maximum atomic E-state index is 13.4. The summed E-state index contributed by atoms with van der Waals surface area (Å²) in [6.07, 6.45) is 0. The number of aryl methyl sites for hydroxylation is 2. The van der Waals surface area contributed by atoms with Crippen molar-refractivity contribution in [2.24, 2.45) is 7.05 Å². The molecule has 36 heavy (non-hydrogen) atoms. The fraction of sp³-hybridized carbons (Fsp3) is 0.304. The Bertz CT molecular complexity index is 1430. The summed E-state index contributed by atoms with van der Waals surface area (Å²) in [5, 5.41) is 18.4. The summed E-state index contributed by atoms with van der Waals surface area (Å²) in [5.41, 5.74) is 1.64. The molecule has 1 aliphatic rings. The molecule has 3 aromatic rings. The first kappa shape index (κ1) is 25.3. The number of hydrogen-bond acceptors (Lipinski definition) is 8. The van der Waals surface area contributed by atoms with Gasteiger partial charge in [-0.15, -0.1) is 0 Å². The van der Waals surface area contributed by atoms with Crippen LogP contribution >= 0.6 is 0 Å². The maximum absolute atomic E-state index is 13.4. The Balaban J connectivity index is 1.69.